The number of hydrogen-bond donors (Lipinski definition) is 3. The zero-order valence-electron chi connectivity index (χ0n) is 12.2. The number of rotatable bonds is 2. The van der Waals surface area contributed by atoms with Gasteiger partial charge in [-0.1, -0.05) is 18.2 Å². The Kier molecular flexibility index (Phi) is 3.39. The first-order valence-corrected chi connectivity index (χ1v) is 6.95. The van der Waals surface area contributed by atoms with Crippen LogP contribution in [0.4, 0.5) is 0 Å². The third-order valence-electron chi connectivity index (χ3n) is 3.76. The van der Waals surface area contributed by atoms with Crippen LogP contribution >= 0.6 is 0 Å². The molecule has 1 heterocycles. The molecule has 0 amide bonds. The molecule has 0 saturated heterocycles. The van der Waals surface area contributed by atoms with Crippen molar-refractivity contribution < 1.29 is 19.7 Å². The van der Waals surface area contributed by atoms with Crippen LogP contribution in [0.3, 0.4) is 0 Å². The quantitative estimate of drug-likeness (QED) is 0.670. The van der Waals surface area contributed by atoms with Gasteiger partial charge in [0, 0.05) is 17.0 Å². The van der Waals surface area contributed by atoms with E-state index in [1.54, 1.807) is 18.2 Å². The van der Waals surface area contributed by atoms with Crippen molar-refractivity contribution in [2.24, 2.45) is 0 Å². The van der Waals surface area contributed by atoms with Gasteiger partial charge >= 0.3 is 0 Å². The van der Waals surface area contributed by atoms with Gasteiger partial charge in [0.05, 0.1) is 11.3 Å². The van der Waals surface area contributed by atoms with Crippen LogP contribution in [0.15, 0.2) is 39.5 Å². The van der Waals surface area contributed by atoms with Gasteiger partial charge in [-0.15, -0.1) is 0 Å². The second-order valence-electron chi connectivity index (χ2n) is 5.44. The predicted molar refractivity (Wildman–Crippen MR) is 82.7 cm³/mol. The topological polar surface area (TPSA) is 90.9 Å². The molecule has 114 valence electrons. The molecular formula is C17H16O5. The van der Waals surface area contributed by atoms with Gasteiger partial charge in [-0.25, -0.2) is 0 Å². The fourth-order valence-electron chi connectivity index (χ4n) is 2.72. The fraction of sp³-hybridized carbons (Fsp3) is 0.235. The van der Waals surface area contributed by atoms with E-state index in [0.29, 0.717) is 16.7 Å². The Morgan fingerprint density at radius 3 is 2.59 bits per heavy atom. The Hall–Kier alpha value is -2.37. The van der Waals surface area contributed by atoms with Crippen LogP contribution in [0.25, 0.3) is 27.9 Å². The lowest BCUT2D eigenvalue weighted by atomic mass is 9.96. The van der Waals surface area contributed by atoms with E-state index in [-0.39, 0.29) is 22.2 Å². The van der Waals surface area contributed by atoms with Crippen molar-refractivity contribution in [3.05, 3.63) is 51.5 Å². The molecule has 0 aromatic heterocycles. The smallest absolute Gasteiger partial charge is 0.193 e. The molecule has 0 saturated carbocycles. The Morgan fingerprint density at radius 1 is 1.23 bits per heavy atom. The molecule has 2 atom stereocenters. The zero-order chi connectivity index (χ0) is 16.0. The van der Waals surface area contributed by atoms with Gasteiger partial charge in [0.1, 0.15) is 23.4 Å². The molecule has 0 radical (unpaired) electrons. The molecule has 5 nitrogen and oxygen atoms in total. The summed E-state index contributed by atoms with van der Waals surface area (Å²) in [5, 5.41) is 30.9. The normalized spacial score (nSPS) is 16.0. The molecule has 5 heteroatoms. The maximum absolute atomic E-state index is 12.2. The second kappa shape index (κ2) is 5.12. The molecule has 0 spiro atoms. The largest absolute Gasteiger partial charge is 0.512 e. The van der Waals surface area contributed by atoms with Crippen LogP contribution in [0.2, 0.25) is 0 Å². The van der Waals surface area contributed by atoms with Gasteiger partial charge in [-0.05, 0) is 25.3 Å². The highest BCUT2D eigenvalue weighted by Gasteiger charge is 2.22. The molecule has 1 aromatic carbocycles. The lowest BCUT2D eigenvalue weighted by Gasteiger charge is -2.17. The van der Waals surface area contributed by atoms with Gasteiger partial charge in [0.25, 0.3) is 0 Å². The number of aliphatic hydroxyl groups is 3. The summed E-state index contributed by atoms with van der Waals surface area (Å²) in [5.74, 6) is 0.456. The monoisotopic (exact) mass is 300 g/mol. The van der Waals surface area contributed by atoms with E-state index < -0.39 is 12.2 Å². The Morgan fingerprint density at radius 2 is 1.95 bits per heavy atom. The molecule has 3 rings (SSSR count). The van der Waals surface area contributed by atoms with Crippen molar-refractivity contribution >= 4 is 16.5 Å². The number of aliphatic hydroxyl groups excluding tert-OH is 3. The minimum absolute atomic E-state index is 0.0486. The van der Waals surface area contributed by atoms with Crippen LogP contribution in [0.1, 0.15) is 25.7 Å². The Balaban J connectivity index is 2.47. The van der Waals surface area contributed by atoms with Crippen molar-refractivity contribution in [2.75, 3.05) is 0 Å². The first kappa shape index (κ1) is 14.6. The SMILES string of the molecule is CC(O)=c1c(=O)cc2oc([C@@H](O)[C@H](C)O)cc3cccc1c3-2. The van der Waals surface area contributed by atoms with Crippen molar-refractivity contribution in [3.63, 3.8) is 0 Å². The van der Waals surface area contributed by atoms with Gasteiger partial charge in [-0.2, -0.15) is 0 Å². The molecule has 0 fully saturated rings. The minimum Gasteiger partial charge on any atom is -0.512 e. The maximum atomic E-state index is 12.2. The summed E-state index contributed by atoms with van der Waals surface area (Å²) in [7, 11) is 0. The number of hydrogen-bond acceptors (Lipinski definition) is 5. The number of benzene rings is 2. The summed E-state index contributed by atoms with van der Waals surface area (Å²) < 4.78 is 5.60. The van der Waals surface area contributed by atoms with Crippen LogP contribution in [0, 0.1) is 0 Å². The molecule has 1 aliphatic carbocycles. The minimum atomic E-state index is -1.18. The lowest BCUT2D eigenvalue weighted by molar-refractivity contribution is 0.0165. The van der Waals surface area contributed by atoms with Crippen LogP contribution in [0.5, 0.6) is 0 Å². The average molecular weight is 300 g/mol. The van der Waals surface area contributed by atoms with Gasteiger partial charge in [0.15, 0.2) is 5.43 Å². The highest BCUT2D eigenvalue weighted by molar-refractivity contribution is 5.96. The molecule has 22 heavy (non-hydrogen) atoms. The maximum Gasteiger partial charge on any atom is 0.193 e. The van der Waals surface area contributed by atoms with Crippen molar-refractivity contribution in [1.82, 2.24) is 0 Å². The summed E-state index contributed by atoms with van der Waals surface area (Å²) in [6.45, 7) is 2.92. The summed E-state index contributed by atoms with van der Waals surface area (Å²) >= 11 is 0. The summed E-state index contributed by atoms with van der Waals surface area (Å²) in [6, 6.07) is 8.26. The zero-order valence-corrected chi connectivity index (χ0v) is 12.2. The van der Waals surface area contributed by atoms with E-state index in [9.17, 15) is 20.1 Å². The standard InChI is InChI=1S/C17H16O5/c1-8(18)15-11-5-3-4-10-6-14(17(21)9(2)19)22-13(16(10)11)7-12(15)20/h3-7,9,17-19,21H,1-2H3/t9-,17-/m0/s1. The molecule has 0 unspecified atom stereocenters. The van der Waals surface area contributed by atoms with E-state index in [1.807, 2.05) is 6.07 Å². The molecule has 2 aliphatic rings. The highest BCUT2D eigenvalue weighted by atomic mass is 16.4. The van der Waals surface area contributed by atoms with Gasteiger partial charge < -0.3 is 19.7 Å². The predicted octanol–water partition coefficient (Wildman–Crippen LogP) is 1.72. The van der Waals surface area contributed by atoms with E-state index in [2.05, 4.69) is 0 Å². The fourth-order valence-corrected chi connectivity index (χ4v) is 2.72. The summed E-state index contributed by atoms with van der Waals surface area (Å²) in [4.78, 5) is 12.2. The third-order valence-corrected chi connectivity index (χ3v) is 3.76. The van der Waals surface area contributed by atoms with Gasteiger partial charge in [-0.3, -0.25) is 4.79 Å². The van der Waals surface area contributed by atoms with E-state index in [1.165, 1.54) is 19.9 Å². The Bertz CT molecular complexity index is 918. The lowest BCUT2D eigenvalue weighted by Crippen LogP contribution is -2.27. The molecule has 3 N–H and O–H groups in total. The molecular weight excluding hydrogens is 284 g/mol. The van der Waals surface area contributed by atoms with Gasteiger partial charge in [0.2, 0.25) is 0 Å². The van der Waals surface area contributed by atoms with Crippen molar-refractivity contribution in [2.45, 2.75) is 26.1 Å². The van der Waals surface area contributed by atoms with Crippen LogP contribution in [-0.4, -0.2) is 21.4 Å². The van der Waals surface area contributed by atoms with Crippen molar-refractivity contribution in [3.8, 4) is 11.3 Å². The summed E-state index contributed by atoms with van der Waals surface area (Å²) in [5.41, 5.74) is 0.347. The van der Waals surface area contributed by atoms with E-state index >= 15 is 0 Å². The first-order valence-electron chi connectivity index (χ1n) is 6.95. The first-order chi connectivity index (χ1) is 10.4. The molecule has 1 aliphatic heterocycles. The average Bonchev–Trinajstić information content (AvgIpc) is 2.45. The highest BCUT2D eigenvalue weighted by Crippen LogP contribution is 2.33. The van der Waals surface area contributed by atoms with E-state index in [4.69, 9.17) is 4.42 Å². The third kappa shape index (κ3) is 2.15. The second-order valence-corrected chi connectivity index (χ2v) is 5.44. The summed E-state index contributed by atoms with van der Waals surface area (Å²) in [6.07, 6.45) is -2.17. The van der Waals surface area contributed by atoms with E-state index in [0.717, 1.165) is 5.39 Å². The van der Waals surface area contributed by atoms with Crippen molar-refractivity contribution in [1.29, 1.82) is 0 Å². The molecule has 0 bridgehead atoms. The van der Waals surface area contributed by atoms with Crippen LogP contribution in [-0.2, 0) is 0 Å². The molecule has 1 aromatic rings. The Labute approximate surface area is 126 Å². The van der Waals surface area contributed by atoms with Crippen LogP contribution < -0.4 is 10.6 Å².